The summed E-state index contributed by atoms with van der Waals surface area (Å²) in [7, 11) is 0. The molecule has 4 N–H and O–H groups in total. The van der Waals surface area contributed by atoms with Crippen molar-refractivity contribution in [1.82, 2.24) is 0 Å². The number of aliphatic carboxylic acids is 1. The van der Waals surface area contributed by atoms with Crippen molar-refractivity contribution in [1.29, 1.82) is 0 Å². The molecule has 0 radical (unpaired) electrons. The van der Waals surface area contributed by atoms with Crippen LogP contribution in [0, 0.1) is 0 Å². The van der Waals surface area contributed by atoms with Gasteiger partial charge >= 0.3 is 5.97 Å². The number of nitrogens with two attached hydrogens (primary N) is 1. The van der Waals surface area contributed by atoms with Gasteiger partial charge in [-0.2, -0.15) is 0 Å². The van der Waals surface area contributed by atoms with E-state index in [0.717, 1.165) is 0 Å². The Hall–Kier alpha value is 0.0523. The Kier molecular flexibility index (Phi) is 8.10. The second-order valence-electron chi connectivity index (χ2n) is 1.50. The monoisotopic (exact) mass is 225 g/mol. The van der Waals surface area contributed by atoms with Gasteiger partial charge in [-0.1, -0.05) is 0 Å². The zero-order valence-corrected chi connectivity index (χ0v) is 6.24. The Morgan fingerprint density at radius 3 is 2.22 bits per heavy atom. The predicted octanol–water partition coefficient (Wildman–Crippen LogP) is -0.874. The molecule has 1 unspecified atom stereocenters. The largest absolute Gasteiger partial charge is 0.481 e. The van der Waals surface area contributed by atoms with Crippen molar-refractivity contribution >= 4 is 5.97 Å². The Labute approximate surface area is 66.7 Å². The molecule has 0 rings (SSSR count). The van der Waals surface area contributed by atoms with E-state index in [9.17, 15) is 4.79 Å². The summed E-state index contributed by atoms with van der Waals surface area (Å²) < 4.78 is 0. The fourth-order valence-corrected chi connectivity index (χ4v) is 0.271. The van der Waals surface area contributed by atoms with E-state index in [0.29, 0.717) is 0 Å². The van der Waals surface area contributed by atoms with E-state index < -0.39 is 12.2 Å². The van der Waals surface area contributed by atoms with E-state index in [1.54, 1.807) is 0 Å². The molecule has 0 bridgehead atoms. The van der Waals surface area contributed by atoms with Crippen molar-refractivity contribution in [3.05, 3.63) is 0 Å². The first-order valence-corrected chi connectivity index (χ1v) is 2.28. The molecule has 0 aromatic carbocycles. The van der Waals surface area contributed by atoms with Crippen LogP contribution >= 0.6 is 0 Å². The molecule has 0 aliphatic carbocycles. The number of aliphatic hydroxyl groups is 1. The van der Waals surface area contributed by atoms with Crippen LogP contribution in [-0.2, 0) is 25.2 Å². The van der Waals surface area contributed by atoms with E-state index in [1.807, 2.05) is 0 Å². The first kappa shape index (κ1) is 11.8. The zero-order chi connectivity index (χ0) is 6.57. The van der Waals surface area contributed by atoms with Crippen LogP contribution in [0.2, 0.25) is 0 Å². The quantitative estimate of drug-likeness (QED) is 0.431. The van der Waals surface area contributed by atoms with Gasteiger partial charge in [0.05, 0.1) is 0 Å². The molecule has 0 heterocycles. The standard InChI is InChI=1S/C4H9NO3.Pd/c5-3(6)1-2-4(7)8;/h3,6H,1-2,5H2,(H,7,8);. The number of carboxylic acid groups (broad SMARTS) is 1. The zero-order valence-electron chi connectivity index (χ0n) is 4.69. The van der Waals surface area contributed by atoms with Gasteiger partial charge in [-0.3, -0.25) is 4.79 Å². The van der Waals surface area contributed by atoms with Crippen molar-refractivity contribution in [2.24, 2.45) is 5.73 Å². The van der Waals surface area contributed by atoms with Crippen molar-refractivity contribution in [3.8, 4) is 0 Å². The maximum Gasteiger partial charge on any atom is 0.303 e. The summed E-state index contributed by atoms with van der Waals surface area (Å²) in [5, 5.41) is 16.3. The van der Waals surface area contributed by atoms with Crippen LogP contribution in [-0.4, -0.2) is 22.4 Å². The van der Waals surface area contributed by atoms with Gasteiger partial charge in [-0.05, 0) is 6.42 Å². The molecule has 0 aromatic heterocycles. The third-order valence-electron chi connectivity index (χ3n) is 0.654. The third-order valence-corrected chi connectivity index (χ3v) is 0.654. The molecule has 9 heavy (non-hydrogen) atoms. The van der Waals surface area contributed by atoms with Crippen LogP contribution in [0.5, 0.6) is 0 Å². The molecule has 4 nitrogen and oxygen atoms in total. The number of rotatable bonds is 3. The molecule has 0 saturated carbocycles. The first-order chi connectivity index (χ1) is 3.63. The van der Waals surface area contributed by atoms with Gasteiger partial charge in [-0.15, -0.1) is 0 Å². The Morgan fingerprint density at radius 1 is 1.67 bits per heavy atom. The predicted molar refractivity (Wildman–Crippen MR) is 27.1 cm³/mol. The second kappa shape index (κ2) is 6.18. The van der Waals surface area contributed by atoms with E-state index in [1.165, 1.54) is 0 Å². The van der Waals surface area contributed by atoms with Gasteiger partial charge in [0.2, 0.25) is 0 Å². The third kappa shape index (κ3) is 11.6. The Morgan fingerprint density at radius 2 is 2.11 bits per heavy atom. The van der Waals surface area contributed by atoms with Crippen LogP contribution in [0.4, 0.5) is 0 Å². The maximum atomic E-state index is 9.74. The summed E-state index contributed by atoms with van der Waals surface area (Å²) >= 11 is 0. The molecular formula is C4H9NO3Pd. The minimum atomic E-state index is -0.994. The number of carbonyl (C=O) groups is 1. The average molecular weight is 226 g/mol. The summed E-state index contributed by atoms with van der Waals surface area (Å²) in [5.74, 6) is -0.936. The molecule has 0 fully saturated rings. The average Bonchev–Trinajstić information content (AvgIpc) is 1.61. The van der Waals surface area contributed by atoms with Gasteiger partial charge in [0.25, 0.3) is 0 Å². The van der Waals surface area contributed by atoms with Crippen LogP contribution in [0.1, 0.15) is 12.8 Å². The topological polar surface area (TPSA) is 83.5 Å². The van der Waals surface area contributed by atoms with Crippen LogP contribution in [0.3, 0.4) is 0 Å². The molecule has 1 atom stereocenters. The summed E-state index contributed by atoms with van der Waals surface area (Å²) in [4.78, 5) is 9.74. The SMILES string of the molecule is NC(O)CCC(=O)O.[Pd]. The van der Waals surface area contributed by atoms with E-state index in [4.69, 9.17) is 15.9 Å². The molecule has 5 heteroatoms. The van der Waals surface area contributed by atoms with Crippen LogP contribution < -0.4 is 5.73 Å². The fourth-order valence-electron chi connectivity index (χ4n) is 0.271. The fraction of sp³-hybridized carbons (Fsp3) is 0.750. The van der Waals surface area contributed by atoms with Gasteiger partial charge in [0.1, 0.15) is 6.23 Å². The molecule has 0 spiro atoms. The number of hydrogen-bond acceptors (Lipinski definition) is 3. The Balaban J connectivity index is 0. The second-order valence-corrected chi connectivity index (χ2v) is 1.50. The molecule has 0 aromatic rings. The molecule has 0 aliphatic rings. The van der Waals surface area contributed by atoms with Crippen molar-refractivity contribution in [2.75, 3.05) is 0 Å². The van der Waals surface area contributed by atoms with Crippen molar-refractivity contribution in [2.45, 2.75) is 19.1 Å². The molecule has 58 valence electrons. The smallest absolute Gasteiger partial charge is 0.303 e. The van der Waals surface area contributed by atoms with Crippen LogP contribution in [0.25, 0.3) is 0 Å². The summed E-state index contributed by atoms with van der Waals surface area (Å²) in [5.41, 5.74) is 4.83. The molecule has 0 saturated heterocycles. The van der Waals surface area contributed by atoms with Gasteiger partial charge in [0, 0.05) is 26.8 Å². The summed E-state index contributed by atoms with van der Waals surface area (Å²) in [6.07, 6.45) is -0.946. The van der Waals surface area contributed by atoms with E-state index >= 15 is 0 Å². The van der Waals surface area contributed by atoms with Crippen molar-refractivity contribution in [3.63, 3.8) is 0 Å². The number of hydrogen-bond donors (Lipinski definition) is 3. The van der Waals surface area contributed by atoms with Crippen molar-refractivity contribution < 1.29 is 35.4 Å². The summed E-state index contributed by atoms with van der Waals surface area (Å²) in [6.45, 7) is 0. The van der Waals surface area contributed by atoms with Gasteiger partial charge in [0.15, 0.2) is 0 Å². The first-order valence-electron chi connectivity index (χ1n) is 2.28. The summed E-state index contributed by atoms with van der Waals surface area (Å²) in [6, 6.07) is 0. The molecule has 0 amide bonds. The normalized spacial score (nSPS) is 11.8. The van der Waals surface area contributed by atoms with Crippen LogP contribution in [0.15, 0.2) is 0 Å². The van der Waals surface area contributed by atoms with Gasteiger partial charge in [-0.25, -0.2) is 0 Å². The van der Waals surface area contributed by atoms with Gasteiger partial charge < -0.3 is 15.9 Å². The number of carboxylic acids is 1. The molecular weight excluding hydrogens is 216 g/mol. The van der Waals surface area contributed by atoms with E-state index in [-0.39, 0.29) is 33.3 Å². The minimum Gasteiger partial charge on any atom is -0.481 e. The maximum absolute atomic E-state index is 9.74. The minimum absolute atomic E-state index is 0. The number of aliphatic hydroxyl groups excluding tert-OH is 1. The molecule has 0 aliphatic heterocycles. The van der Waals surface area contributed by atoms with E-state index in [2.05, 4.69) is 0 Å². The Bertz CT molecular complexity index is 85.9.